The molecule has 2 nitrogen and oxygen atoms in total. The van der Waals surface area contributed by atoms with Crippen molar-refractivity contribution in [1.29, 1.82) is 0 Å². The van der Waals surface area contributed by atoms with Crippen molar-refractivity contribution in [2.45, 2.75) is 13.8 Å². The second-order valence-corrected chi connectivity index (χ2v) is 6.24. The highest BCUT2D eigenvalue weighted by molar-refractivity contribution is 6.55. The first kappa shape index (κ1) is 17.5. The first-order valence-electron chi connectivity index (χ1n) is 5.71. The molecule has 0 atom stereocenters. The second kappa shape index (κ2) is 8.02. The van der Waals surface area contributed by atoms with E-state index >= 15 is 0 Å². The Balaban J connectivity index is 2.69. The van der Waals surface area contributed by atoms with Crippen LogP contribution in [0.1, 0.15) is 13.8 Å². The molecule has 7 heteroatoms. The van der Waals surface area contributed by atoms with E-state index < -0.39 is 0 Å². The third-order valence-corrected chi connectivity index (χ3v) is 4.49. The van der Waals surface area contributed by atoms with Crippen LogP contribution >= 0.6 is 58.0 Å². The number of benzene rings is 1. The van der Waals surface area contributed by atoms with E-state index in [1.807, 2.05) is 0 Å². The van der Waals surface area contributed by atoms with Crippen molar-refractivity contribution in [3.05, 3.63) is 25.1 Å². The Morgan fingerprint density at radius 3 is 1.84 bits per heavy atom. The summed E-state index contributed by atoms with van der Waals surface area (Å²) in [6, 6.07) is 0. The zero-order chi connectivity index (χ0) is 14.6. The van der Waals surface area contributed by atoms with Crippen molar-refractivity contribution in [1.82, 2.24) is 5.32 Å². The fourth-order valence-electron chi connectivity index (χ4n) is 1.33. The summed E-state index contributed by atoms with van der Waals surface area (Å²) < 4.78 is 5.51. The third kappa shape index (κ3) is 4.73. The number of nitrogens with one attached hydrogen (secondary N) is 1. The van der Waals surface area contributed by atoms with Crippen molar-refractivity contribution >= 4 is 58.0 Å². The van der Waals surface area contributed by atoms with Gasteiger partial charge in [0.1, 0.15) is 16.7 Å². The summed E-state index contributed by atoms with van der Waals surface area (Å²) in [5, 5.41) is 3.99. The smallest absolute Gasteiger partial charge is 0.159 e. The van der Waals surface area contributed by atoms with Crippen molar-refractivity contribution in [3.8, 4) is 5.75 Å². The molecule has 0 radical (unpaired) electrons. The van der Waals surface area contributed by atoms with Crippen LogP contribution in [0, 0.1) is 5.92 Å². The Labute approximate surface area is 138 Å². The lowest BCUT2D eigenvalue weighted by atomic mass is 10.2. The van der Waals surface area contributed by atoms with Crippen LogP contribution in [0.15, 0.2) is 0 Å². The van der Waals surface area contributed by atoms with E-state index in [1.54, 1.807) is 0 Å². The monoisotopic (exact) mass is 363 g/mol. The maximum atomic E-state index is 6.03. The predicted molar refractivity (Wildman–Crippen MR) is 84.7 cm³/mol. The van der Waals surface area contributed by atoms with Crippen molar-refractivity contribution < 1.29 is 4.74 Å². The fourth-order valence-corrected chi connectivity index (χ4v) is 2.56. The van der Waals surface area contributed by atoms with Crippen LogP contribution in [0.4, 0.5) is 0 Å². The van der Waals surface area contributed by atoms with E-state index in [0.717, 1.165) is 6.54 Å². The van der Waals surface area contributed by atoms with Gasteiger partial charge in [0.05, 0.1) is 15.1 Å². The summed E-state index contributed by atoms with van der Waals surface area (Å²) in [5.74, 6) is 0.834. The molecule has 0 spiro atoms. The Hall–Kier alpha value is 0.430. The Morgan fingerprint density at radius 1 is 0.895 bits per heavy atom. The molecule has 108 valence electrons. The molecule has 1 N–H and O–H groups in total. The van der Waals surface area contributed by atoms with Gasteiger partial charge in [-0.1, -0.05) is 71.9 Å². The first-order chi connectivity index (χ1) is 8.86. The summed E-state index contributed by atoms with van der Waals surface area (Å²) in [7, 11) is 0. The molecule has 0 bridgehead atoms. The van der Waals surface area contributed by atoms with Gasteiger partial charge in [-0.15, -0.1) is 0 Å². The van der Waals surface area contributed by atoms with Crippen molar-refractivity contribution in [2.75, 3.05) is 19.7 Å². The molecule has 0 heterocycles. The van der Waals surface area contributed by atoms with Gasteiger partial charge in [0.25, 0.3) is 0 Å². The SMILES string of the molecule is CC(C)CNCCOc1c(Cl)c(Cl)c(Cl)c(Cl)c1Cl. The highest BCUT2D eigenvalue weighted by Gasteiger charge is 2.20. The maximum Gasteiger partial charge on any atom is 0.159 e. The minimum absolute atomic E-state index is 0.128. The molecular weight excluding hydrogens is 351 g/mol. The van der Waals surface area contributed by atoms with Crippen LogP contribution in [0.2, 0.25) is 25.1 Å². The van der Waals surface area contributed by atoms with Crippen LogP contribution in [0.25, 0.3) is 0 Å². The van der Waals surface area contributed by atoms with Crippen LogP contribution in [-0.4, -0.2) is 19.7 Å². The van der Waals surface area contributed by atoms with Gasteiger partial charge in [-0.05, 0) is 12.5 Å². The predicted octanol–water partition coefficient (Wildman–Crippen LogP) is 5.58. The lowest BCUT2D eigenvalue weighted by molar-refractivity contribution is 0.311. The highest BCUT2D eigenvalue weighted by Crippen LogP contribution is 2.48. The molecule has 0 aromatic heterocycles. The van der Waals surface area contributed by atoms with Gasteiger partial charge in [-0.2, -0.15) is 0 Å². The average molecular weight is 366 g/mol. The average Bonchev–Trinajstić information content (AvgIpc) is 2.37. The van der Waals surface area contributed by atoms with E-state index in [2.05, 4.69) is 19.2 Å². The number of halogens is 5. The van der Waals surface area contributed by atoms with Crippen LogP contribution in [0.5, 0.6) is 5.75 Å². The molecule has 0 aliphatic rings. The number of hydrogen-bond donors (Lipinski definition) is 1. The molecular formula is C12H14Cl5NO. The van der Waals surface area contributed by atoms with Crippen LogP contribution in [-0.2, 0) is 0 Å². The molecule has 1 aromatic rings. The summed E-state index contributed by atoms with van der Waals surface area (Å²) in [5.41, 5.74) is 0. The first-order valence-corrected chi connectivity index (χ1v) is 7.60. The standard InChI is InChI=1S/C12H14Cl5NO/c1-6(2)5-18-3-4-19-12-10(16)8(14)7(13)9(15)11(12)17/h6,18H,3-5H2,1-2H3. The Bertz CT molecular complexity index is 421. The number of hydrogen-bond acceptors (Lipinski definition) is 2. The normalized spacial score (nSPS) is 11.2. The summed E-state index contributed by atoms with van der Waals surface area (Å²) >= 11 is 29.8. The molecule has 1 aromatic carbocycles. The fraction of sp³-hybridized carbons (Fsp3) is 0.500. The molecule has 0 amide bonds. The van der Waals surface area contributed by atoms with Crippen LogP contribution < -0.4 is 10.1 Å². The lowest BCUT2D eigenvalue weighted by Gasteiger charge is -2.14. The quantitative estimate of drug-likeness (QED) is 0.404. The minimum atomic E-state index is 0.128. The van der Waals surface area contributed by atoms with E-state index in [1.165, 1.54) is 0 Å². The van der Waals surface area contributed by atoms with Gasteiger partial charge in [0.15, 0.2) is 5.75 Å². The molecule has 0 aliphatic carbocycles. The van der Waals surface area contributed by atoms with Crippen LogP contribution in [0.3, 0.4) is 0 Å². The number of ether oxygens (including phenoxy) is 1. The molecule has 19 heavy (non-hydrogen) atoms. The zero-order valence-electron chi connectivity index (χ0n) is 10.5. The summed E-state index contributed by atoms with van der Waals surface area (Å²) in [6.45, 7) is 6.23. The molecule has 0 fully saturated rings. The van der Waals surface area contributed by atoms with Gasteiger partial charge < -0.3 is 10.1 Å². The van der Waals surface area contributed by atoms with Crippen molar-refractivity contribution in [3.63, 3.8) is 0 Å². The highest BCUT2D eigenvalue weighted by atomic mass is 35.5. The van der Waals surface area contributed by atoms with Crippen molar-refractivity contribution in [2.24, 2.45) is 5.92 Å². The molecule has 0 aliphatic heterocycles. The molecule has 0 unspecified atom stereocenters. The van der Waals surface area contributed by atoms with Gasteiger partial charge >= 0.3 is 0 Å². The van der Waals surface area contributed by atoms with E-state index in [4.69, 9.17) is 62.7 Å². The van der Waals surface area contributed by atoms with Gasteiger partial charge in [0.2, 0.25) is 0 Å². The molecule has 0 saturated heterocycles. The number of rotatable bonds is 6. The summed E-state index contributed by atoms with van der Waals surface area (Å²) in [6.07, 6.45) is 0. The Kier molecular flexibility index (Phi) is 7.37. The maximum absolute atomic E-state index is 6.03. The zero-order valence-corrected chi connectivity index (χ0v) is 14.3. The van der Waals surface area contributed by atoms with E-state index in [-0.39, 0.29) is 30.9 Å². The van der Waals surface area contributed by atoms with E-state index in [0.29, 0.717) is 19.1 Å². The molecule has 1 rings (SSSR count). The second-order valence-electron chi connectivity index (χ2n) is 4.35. The Morgan fingerprint density at radius 2 is 1.37 bits per heavy atom. The van der Waals surface area contributed by atoms with Gasteiger partial charge in [0, 0.05) is 6.54 Å². The van der Waals surface area contributed by atoms with E-state index in [9.17, 15) is 0 Å². The topological polar surface area (TPSA) is 21.3 Å². The lowest BCUT2D eigenvalue weighted by Crippen LogP contribution is -2.25. The third-order valence-electron chi connectivity index (χ3n) is 2.25. The largest absolute Gasteiger partial charge is 0.489 e. The summed E-state index contributed by atoms with van der Waals surface area (Å²) in [4.78, 5) is 0. The van der Waals surface area contributed by atoms with Gasteiger partial charge in [-0.3, -0.25) is 0 Å². The molecule has 0 saturated carbocycles. The van der Waals surface area contributed by atoms with Gasteiger partial charge in [-0.25, -0.2) is 0 Å². The minimum Gasteiger partial charge on any atom is -0.489 e.